The zero-order valence-electron chi connectivity index (χ0n) is 17.4. The smallest absolute Gasteiger partial charge is 0.302 e. The number of hydrogen-bond donors (Lipinski definition) is 1. The van der Waals surface area contributed by atoms with Crippen molar-refractivity contribution in [2.24, 2.45) is 0 Å². The predicted octanol–water partition coefficient (Wildman–Crippen LogP) is 4.25. The largest absolute Gasteiger partial charge is 0.426 e. The molecule has 3 rings (SSSR count). The lowest BCUT2D eigenvalue weighted by Gasteiger charge is -2.17. The highest BCUT2D eigenvalue weighted by molar-refractivity contribution is 7.89. The highest BCUT2D eigenvalue weighted by Gasteiger charge is 2.23. The molecule has 0 spiro atoms. The van der Waals surface area contributed by atoms with Crippen LogP contribution < -0.4 is 9.46 Å². The molecule has 0 amide bonds. The summed E-state index contributed by atoms with van der Waals surface area (Å²) in [5.74, 6) is 0.462. The Morgan fingerprint density at radius 1 is 1.20 bits per heavy atom. The van der Waals surface area contributed by atoms with Crippen LogP contribution in [-0.4, -0.2) is 23.8 Å². The monoisotopic (exact) mass is 427 g/mol. The summed E-state index contributed by atoms with van der Waals surface area (Å²) in [6, 6.07) is 13.4. The number of Topliss-reactive ketones (excluding diaryl/α,β-unsaturated/α-hetero) is 1. The van der Waals surface area contributed by atoms with E-state index in [1.165, 1.54) is 19.1 Å². The molecule has 0 bridgehead atoms. The maximum Gasteiger partial charge on any atom is 0.302 e. The Morgan fingerprint density at radius 3 is 2.53 bits per heavy atom. The molecule has 1 atom stereocenters. The molecule has 0 aliphatic rings. The maximum atomic E-state index is 12.8. The normalized spacial score (nSPS) is 12.5. The molecule has 0 saturated carbocycles. The first-order valence-corrected chi connectivity index (χ1v) is 11.1. The van der Waals surface area contributed by atoms with Gasteiger partial charge >= 0.3 is 6.01 Å². The topological polar surface area (TPSA) is 90.3 Å². The number of rotatable bonds is 8. The molecular formula is C22H25N3O4S. The van der Waals surface area contributed by atoms with Crippen molar-refractivity contribution in [1.29, 1.82) is 0 Å². The summed E-state index contributed by atoms with van der Waals surface area (Å²) in [6.45, 7) is 7.63. The van der Waals surface area contributed by atoms with Gasteiger partial charge in [0.15, 0.2) is 5.78 Å². The summed E-state index contributed by atoms with van der Waals surface area (Å²) in [4.78, 5) is 16.0. The van der Waals surface area contributed by atoms with Crippen LogP contribution in [0.4, 0.5) is 0 Å². The lowest BCUT2D eigenvalue weighted by Crippen LogP contribution is -2.28. The second kappa shape index (κ2) is 8.81. The van der Waals surface area contributed by atoms with Crippen molar-refractivity contribution in [2.75, 3.05) is 0 Å². The van der Waals surface area contributed by atoms with Gasteiger partial charge in [0, 0.05) is 12.1 Å². The van der Waals surface area contributed by atoms with Gasteiger partial charge in [-0.25, -0.2) is 18.1 Å². The minimum Gasteiger partial charge on any atom is -0.426 e. The summed E-state index contributed by atoms with van der Waals surface area (Å²) < 4.78 is 36.0. The van der Waals surface area contributed by atoms with Gasteiger partial charge in [0.05, 0.1) is 22.8 Å². The molecule has 30 heavy (non-hydrogen) atoms. The van der Waals surface area contributed by atoms with Gasteiger partial charge in [-0.2, -0.15) is 0 Å². The summed E-state index contributed by atoms with van der Waals surface area (Å²) in [5.41, 5.74) is 2.14. The number of carbonyl (C=O) groups is 1. The summed E-state index contributed by atoms with van der Waals surface area (Å²) in [7, 11) is -3.83. The third-order valence-electron chi connectivity index (χ3n) is 4.72. The third-order valence-corrected chi connectivity index (χ3v) is 6.26. The van der Waals surface area contributed by atoms with Gasteiger partial charge in [-0.3, -0.25) is 9.36 Å². The fraction of sp³-hybridized carbons (Fsp3) is 0.273. The molecule has 0 fully saturated rings. The molecule has 2 aromatic carbocycles. The summed E-state index contributed by atoms with van der Waals surface area (Å²) in [6.07, 6.45) is 1.60. The van der Waals surface area contributed by atoms with Gasteiger partial charge in [-0.15, -0.1) is 0 Å². The number of nitrogens with zero attached hydrogens (tertiary/aromatic N) is 2. The van der Waals surface area contributed by atoms with Crippen LogP contribution in [0, 0.1) is 6.92 Å². The van der Waals surface area contributed by atoms with Crippen LogP contribution in [0.2, 0.25) is 0 Å². The van der Waals surface area contributed by atoms with Gasteiger partial charge in [0.1, 0.15) is 5.75 Å². The minimum atomic E-state index is -3.83. The van der Waals surface area contributed by atoms with Gasteiger partial charge < -0.3 is 4.74 Å². The number of nitrogens with one attached hydrogen (secondary N) is 1. The van der Waals surface area contributed by atoms with Gasteiger partial charge in [-0.1, -0.05) is 29.8 Å². The van der Waals surface area contributed by atoms with Gasteiger partial charge in [0.25, 0.3) is 0 Å². The molecule has 0 aliphatic heterocycles. The summed E-state index contributed by atoms with van der Waals surface area (Å²) in [5, 5.41) is 0. The number of imidazole rings is 1. The molecule has 1 heterocycles. The van der Waals surface area contributed by atoms with Crippen molar-refractivity contribution < 1.29 is 17.9 Å². The first-order chi connectivity index (χ1) is 14.2. The number of hydrogen-bond acceptors (Lipinski definition) is 5. The molecule has 8 heteroatoms. The van der Waals surface area contributed by atoms with E-state index in [1.54, 1.807) is 25.3 Å². The van der Waals surface area contributed by atoms with E-state index in [2.05, 4.69) is 9.71 Å². The number of ketones is 1. The number of sulfonamides is 1. The Labute approximate surface area is 176 Å². The van der Waals surface area contributed by atoms with E-state index in [9.17, 15) is 13.2 Å². The van der Waals surface area contributed by atoms with Crippen LogP contribution in [0.3, 0.4) is 0 Å². The number of aromatic nitrogens is 2. The molecule has 158 valence electrons. The van der Waals surface area contributed by atoms with Crippen LogP contribution in [0.25, 0.3) is 0 Å². The quantitative estimate of drug-likeness (QED) is 0.543. The van der Waals surface area contributed by atoms with E-state index in [1.807, 2.05) is 42.7 Å². The molecule has 1 N–H and O–H groups in total. The Hall–Kier alpha value is -2.97. The molecule has 0 saturated heterocycles. The number of ether oxygens (including phenoxy) is 1. The van der Waals surface area contributed by atoms with Gasteiger partial charge in [-0.05, 0) is 52.0 Å². The average molecular weight is 428 g/mol. The van der Waals surface area contributed by atoms with Crippen molar-refractivity contribution in [3.8, 4) is 11.8 Å². The zero-order chi connectivity index (χ0) is 21.9. The van der Waals surface area contributed by atoms with Crippen molar-refractivity contribution in [2.45, 2.75) is 45.2 Å². The van der Waals surface area contributed by atoms with Crippen molar-refractivity contribution in [1.82, 2.24) is 14.3 Å². The first-order valence-electron chi connectivity index (χ1n) is 9.64. The molecule has 7 nitrogen and oxygen atoms in total. The van der Waals surface area contributed by atoms with Crippen LogP contribution in [0.15, 0.2) is 59.6 Å². The summed E-state index contributed by atoms with van der Waals surface area (Å²) >= 11 is 0. The molecular weight excluding hydrogens is 402 g/mol. The molecule has 0 aliphatic carbocycles. The van der Waals surface area contributed by atoms with Crippen molar-refractivity contribution in [3.05, 3.63) is 71.5 Å². The molecule has 0 radical (unpaired) electrons. The fourth-order valence-corrected chi connectivity index (χ4v) is 4.33. The lowest BCUT2D eigenvalue weighted by atomic mass is 10.2. The van der Waals surface area contributed by atoms with E-state index in [0.29, 0.717) is 29.6 Å². The second-order valence-electron chi connectivity index (χ2n) is 7.05. The Bertz CT molecular complexity index is 1150. The first kappa shape index (κ1) is 21.7. The van der Waals surface area contributed by atoms with E-state index in [-0.39, 0.29) is 10.7 Å². The van der Waals surface area contributed by atoms with Crippen molar-refractivity contribution in [3.63, 3.8) is 0 Å². The predicted molar refractivity (Wildman–Crippen MR) is 114 cm³/mol. The van der Waals surface area contributed by atoms with Crippen LogP contribution in [0.5, 0.6) is 11.8 Å². The molecule has 1 unspecified atom stereocenters. The number of benzene rings is 2. The standard InChI is InChI=1S/C22H25N3O4S/c1-5-25-21(14-23-22(25)29-19-11-9-15(2)10-12-19)16(3)24-30(27,28)20-8-6-7-18(13-20)17(4)26/h6-14,16,24H,5H2,1-4H3. The van der Waals surface area contributed by atoms with Crippen LogP contribution in [0.1, 0.15) is 48.4 Å². The Morgan fingerprint density at radius 2 is 1.90 bits per heavy atom. The number of carbonyl (C=O) groups excluding carboxylic acids is 1. The van der Waals surface area contributed by atoms with E-state index in [0.717, 1.165) is 5.56 Å². The number of aryl methyl sites for hydroxylation is 1. The van der Waals surface area contributed by atoms with Crippen LogP contribution in [-0.2, 0) is 16.6 Å². The fourth-order valence-electron chi connectivity index (χ4n) is 3.07. The van der Waals surface area contributed by atoms with E-state index in [4.69, 9.17) is 4.74 Å². The SMILES string of the molecule is CCn1c(C(C)NS(=O)(=O)c2cccc(C(C)=O)c2)cnc1Oc1ccc(C)cc1. The minimum absolute atomic E-state index is 0.0424. The highest BCUT2D eigenvalue weighted by atomic mass is 32.2. The zero-order valence-corrected chi connectivity index (χ0v) is 18.2. The van der Waals surface area contributed by atoms with E-state index < -0.39 is 16.1 Å². The Balaban J connectivity index is 1.83. The Kier molecular flexibility index (Phi) is 6.38. The lowest BCUT2D eigenvalue weighted by molar-refractivity contribution is 0.101. The average Bonchev–Trinajstić information content (AvgIpc) is 3.12. The molecule has 1 aromatic heterocycles. The maximum absolute atomic E-state index is 12.8. The van der Waals surface area contributed by atoms with Crippen molar-refractivity contribution >= 4 is 15.8 Å². The second-order valence-corrected chi connectivity index (χ2v) is 8.77. The van der Waals surface area contributed by atoms with Crippen LogP contribution >= 0.6 is 0 Å². The third kappa shape index (κ3) is 4.77. The molecule has 3 aromatic rings. The van der Waals surface area contributed by atoms with Gasteiger partial charge in [0.2, 0.25) is 10.0 Å². The highest BCUT2D eigenvalue weighted by Crippen LogP contribution is 2.26. The van der Waals surface area contributed by atoms with E-state index >= 15 is 0 Å².